The number of nitrogens with zero attached hydrogens (tertiary/aromatic N) is 1. The van der Waals surface area contributed by atoms with E-state index < -0.39 is 10.0 Å². The van der Waals surface area contributed by atoms with Crippen LogP contribution in [0.5, 0.6) is 5.75 Å². The van der Waals surface area contributed by atoms with Crippen LogP contribution in [-0.4, -0.2) is 21.6 Å². The second kappa shape index (κ2) is 5.57. The molecule has 23 heavy (non-hydrogen) atoms. The Morgan fingerprint density at radius 3 is 2.52 bits per heavy atom. The molecule has 1 aliphatic rings. The van der Waals surface area contributed by atoms with Crippen molar-refractivity contribution in [2.45, 2.75) is 38.1 Å². The zero-order valence-electron chi connectivity index (χ0n) is 13.8. The van der Waals surface area contributed by atoms with Crippen molar-refractivity contribution in [1.82, 2.24) is 0 Å². The molecule has 0 fully saturated rings. The average Bonchev–Trinajstić information content (AvgIpc) is 2.83. The van der Waals surface area contributed by atoms with Crippen molar-refractivity contribution in [3.8, 4) is 5.75 Å². The molecule has 0 amide bonds. The fraction of sp³-hybridized carbons (Fsp3) is 0.333. The smallest absolute Gasteiger partial charge is 0.264 e. The minimum atomic E-state index is -3.63. The molecule has 0 saturated heterocycles. The summed E-state index contributed by atoms with van der Waals surface area (Å²) in [5, 5.41) is 0. The number of ether oxygens (including phenoxy) is 1. The first-order valence-electron chi connectivity index (χ1n) is 7.64. The van der Waals surface area contributed by atoms with E-state index in [4.69, 9.17) is 4.74 Å². The van der Waals surface area contributed by atoms with E-state index in [2.05, 4.69) is 0 Å². The highest BCUT2D eigenvalue weighted by Gasteiger charge is 2.36. The van der Waals surface area contributed by atoms with Gasteiger partial charge in [0, 0.05) is 12.1 Å². The van der Waals surface area contributed by atoms with Gasteiger partial charge in [-0.25, -0.2) is 8.42 Å². The number of hydrogen-bond donors (Lipinski definition) is 0. The maximum atomic E-state index is 13.3. The molecular weight excluding hydrogens is 310 g/mol. The van der Waals surface area contributed by atoms with E-state index >= 15 is 0 Å². The van der Waals surface area contributed by atoms with E-state index in [-0.39, 0.29) is 6.04 Å². The largest absolute Gasteiger partial charge is 0.496 e. The van der Waals surface area contributed by atoms with Crippen LogP contribution in [0.25, 0.3) is 0 Å². The highest BCUT2D eigenvalue weighted by Crippen LogP contribution is 2.38. The SMILES string of the molecule is COc1cc(S(=O)(=O)N2c3ccccc3C[C@@H]2C)c(C)cc1C. The third kappa shape index (κ3) is 2.49. The Balaban J connectivity index is 2.17. The lowest BCUT2D eigenvalue weighted by molar-refractivity contribution is 0.410. The zero-order chi connectivity index (χ0) is 16.8. The number of benzene rings is 2. The van der Waals surface area contributed by atoms with Gasteiger partial charge in [-0.15, -0.1) is 0 Å². The lowest BCUT2D eigenvalue weighted by atomic mass is 10.1. The summed E-state index contributed by atoms with van der Waals surface area (Å²) in [6.07, 6.45) is 0.734. The number of para-hydroxylation sites is 1. The second-order valence-electron chi connectivity index (χ2n) is 6.07. The molecule has 122 valence electrons. The lowest BCUT2D eigenvalue weighted by Gasteiger charge is -2.25. The van der Waals surface area contributed by atoms with E-state index in [9.17, 15) is 8.42 Å². The summed E-state index contributed by atoms with van der Waals surface area (Å²) in [6.45, 7) is 5.68. The number of methoxy groups -OCH3 is 1. The highest BCUT2D eigenvalue weighted by molar-refractivity contribution is 7.93. The maximum absolute atomic E-state index is 13.3. The fourth-order valence-electron chi connectivity index (χ4n) is 3.32. The van der Waals surface area contributed by atoms with Gasteiger partial charge in [-0.2, -0.15) is 0 Å². The first-order chi connectivity index (χ1) is 10.9. The van der Waals surface area contributed by atoms with Crippen molar-refractivity contribution >= 4 is 15.7 Å². The minimum absolute atomic E-state index is 0.0934. The van der Waals surface area contributed by atoms with Gasteiger partial charge < -0.3 is 4.74 Å². The zero-order valence-corrected chi connectivity index (χ0v) is 14.6. The maximum Gasteiger partial charge on any atom is 0.264 e. The standard InChI is InChI=1S/C18H21NO3S/c1-12-9-13(2)18(11-17(12)22-4)23(20,21)19-14(3)10-15-7-5-6-8-16(15)19/h5-9,11,14H,10H2,1-4H3/t14-/m0/s1. The average molecular weight is 331 g/mol. The van der Waals surface area contributed by atoms with Crippen LogP contribution in [-0.2, 0) is 16.4 Å². The topological polar surface area (TPSA) is 46.6 Å². The van der Waals surface area contributed by atoms with E-state index in [0.717, 1.165) is 28.8 Å². The van der Waals surface area contributed by atoms with Crippen LogP contribution in [0.3, 0.4) is 0 Å². The van der Waals surface area contributed by atoms with E-state index in [1.165, 1.54) is 0 Å². The molecule has 3 rings (SSSR count). The van der Waals surface area contributed by atoms with E-state index in [0.29, 0.717) is 10.6 Å². The number of fused-ring (bicyclic) bond motifs is 1. The number of anilines is 1. The molecule has 1 aliphatic heterocycles. The number of aryl methyl sites for hydroxylation is 2. The number of hydrogen-bond acceptors (Lipinski definition) is 3. The lowest BCUT2D eigenvalue weighted by Crippen LogP contribution is -2.36. The molecule has 0 unspecified atom stereocenters. The second-order valence-corrected chi connectivity index (χ2v) is 7.85. The molecule has 4 nitrogen and oxygen atoms in total. The first-order valence-corrected chi connectivity index (χ1v) is 9.08. The number of sulfonamides is 1. The Labute approximate surface area is 137 Å². The number of rotatable bonds is 3. The molecule has 0 spiro atoms. The van der Waals surface area contributed by atoms with Crippen molar-refractivity contribution in [2.24, 2.45) is 0 Å². The predicted molar refractivity (Wildman–Crippen MR) is 91.7 cm³/mol. The molecule has 1 heterocycles. The van der Waals surface area contributed by atoms with Crippen LogP contribution in [0.15, 0.2) is 41.3 Å². The Kier molecular flexibility index (Phi) is 3.84. The van der Waals surface area contributed by atoms with Crippen molar-refractivity contribution in [3.05, 3.63) is 53.1 Å². The van der Waals surface area contributed by atoms with Gasteiger partial charge in [0.05, 0.1) is 17.7 Å². The van der Waals surface area contributed by atoms with Crippen molar-refractivity contribution in [2.75, 3.05) is 11.4 Å². The molecule has 0 aliphatic carbocycles. The van der Waals surface area contributed by atoms with Gasteiger partial charge in [0.15, 0.2) is 0 Å². The summed E-state index contributed by atoms with van der Waals surface area (Å²) < 4.78 is 33.4. The molecule has 5 heteroatoms. The first kappa shape index (κ1) is 15.9. The van der Waals surface area contributed by atoms with Gasteiger partial charge in [0.25, 0.3) is 10.0 Å². The summed E-state index contributed by atoms with van der Waals surface area (Å²) in [7, 11) is -2.07. The molecule has 0 aromatic heterocycles. The van der Waals surface area contributed by atoms with Gasteiger partial charge in [-0.05, 0) is 49.9 Å². The molecule has 0 saturated carbocycles. The van der Waals surface area contributed by atoms with Gasteiger partial charge in [0.1, 0.15) is 5.75 Å². The summed E-state index contributed by atoms with van der Waals surface area (Å²) in [6, 6.07) is 11.1. The molecule has 0 N–H and O–H groups in total. The Bertz CT molecular complexity index is 859. The monoisotopic (exact) mass is 331 g/mol. The van der Waals surface area contributed by atoms with Crippen LogP contribution in [0.1, 0.15) is 23.6 Å². The van der Waals surface area contributed by atoms with Gasteiger partial charge in [0.2, 0.25) is 0 Å². The Morgan fingerprint density at radius 1 is 1.13 bits per heavy atom. The summed E-state index contributed by atoms with van der Waals surface area (Å²) in [4.78, 5) is 0.309. The molecule has 2 aromatic rings. The molecule has 2 aromatic carbocycles. The third-order valence-corrected chi connectivity index (χ3v) is 6.44. The Morgan fingerprint density at radius 2 is 1.83 bits per heavy atom. The molecular formula is C18H21NO3S. The fourth-order valence-corrected chi connectivity index (χ4v) is 5.24. The van der Waals surface area contributed by atoms with Crippen molar-refractivity contribution in [1.29, 1.82) is 0 Å². The van der Waals surface area contributed by atoms with Gasteiger partial charge >= 0.3 is 0 Å². The third-order valence-electron chi connectivity index (χ3n) is 4.37. The summed E-state index contributed by atoms with van der Waals surface area (Å²) in [5.74, 6) is 0.592. The van der Waals surface area contributed by atoms with Crippen LogP contribution in [0.4, 0.5) is 5.69 Å². The normalized spacial score (nSPS) is 17.2. The predicted octanol–water partition coefficient (Wildman–Crippen LogP) is 3.45. The van der Waals surface area contributed by atoms with Crippen molar-refractivity contribution in [3.63, 3.8) is 0 Å². The highest BCUT2D eigenvalue weighted by atomic mass is 32.2. The molecule has 0 bridgehead atoms. The van der Waals surface area contributed by atoms with Crippen LogP contribution in [0.2, 0.25) is 0 Å². The summed E-state index contributed by atoms with van der Waals surface area (Å²) in [5.41, 5.74) is 3.51. The van der Waals surface area contributed by atoms with Crippen LogP contribution >= 0.6 is 0 Å². The van der Waals surface area contributed by atoms with Crippen molar-refractivity contribution < 1.29 is 13.2 Å². The molecule has 1 atom stereocenters. The minimum Gasteiger partial charge on any atom is -0.496 e. The van der Waals surface area contributed by atoms with Crippen LogP contribution in [0, 0.1) is 13.8 Å². The molecule has 0 radical (unpaired) electrons. The summed E-state index contributed by atoms with van der Waals surface area (Å²) >= 11 is 0. The van der Waals surface area contributed by atoms with E-state index in [1.54, 1.807) is 17.5 Å². The quantitative estimate of drug-likeness (QED) is 0.865. The van der Waals surface area contributed by atoms with Crippen LogP contribution < -0.4 is 9.04 Å². The Hall–Kier alpha value is -2.01. The van der Waals surface area contributed by atoms with Gasteiger partial charge in [-0.1, -0.05) is 24.3 Å². The van der Waals surface area contributed by atoms with Gasteiger partial charge in [-0.3, -0.25) is 4.31 Å². The van der Waals surface area contributed by atoms with E-state index in [1.807, 2.05) is 51.1 Å².